The lowest BCUT2D eigenvalue weighted by Crippen LogP contribution is -2.34. The number of nitrogens with one attached hydrogen (secondary N) is 1. The number of likely N-dealkylation sites (N-methyl/N-ethyl adjacent to an activating group) is 1. The van der Waals surface area contributed by atoms with Gasteiger partial charge >= 0.3 is 0 Å². The molecule has 0 saturated carbocycles. The number of methoxy groups -OCH3 is 1. The van der Waals surface area contributed by atoms with E-state index in [4.69, 9.17) is 16.3 Å². The topological polar surface area (TPSA) is 58.6 Å². The van der Waals surface area contributed by atoms with Gasteiger partial charge in [-0.25, -0.2) is 0 Å². The standard InChI is InChI=1S/C21H25ClN2O3/c1-24(2)19(15-4-8-17(22)9-5-15)14-23-21(26)13-12-20(25)16-6-10-18(27-3)11-7-16/h4-11,19H,12-14H2,1-3H3,(H,23,26). The number of ether oxygens (including phenoxy) is 1. The van der Waals surface area contributed by atoms with Crippen LogP contribution in [0.15, 0.2) is 48.5 Å². The van der Waals surface area contributed by atoms with Gasteiger partial charge in [0.1, 0.15) is 5.75 Å². The summed E-state index contributed by atoms with van der Waals surface area (Å²) in [5.74, 6) is 0.494. The predicted molar refractivity (Wildman–Crippen MR) is 107 cm³/mol. The van der Waals surface area contributed by atoms with Crippen molar-refractivity contribution in [3.05, 3.63) is 64.7 Å². The summed E-state index contributed by atoms with van der Waals surface area (Å²) in [7, 11) is 5.49. The summed E-state index contributed by atoms with van der Waals surface area (Å²) in [6.07, 6.45) is 0.331. The molecule has 5 nitrogen and oxygen atoms in total. The SMILES string of the molecule is COc1ccc(C(=O)CCC(=O)NCC(c2ccc(Cl)cc2)N(C)C)cc1. The van der Waals surface area contributed by atoms with E-state index < -0.39 is 0 Å². The first kappa shape index (κ1) is 20.9. The first-order valence-electron chi connectivity index (χ1n) is 8.76. The van der Waals surface area contributed by atoms with Crippen molar-refractivity contribution in [3.63, 3.8) is 0 Å². The van der Waals surface area contributed by atoms with Crippen molar-refractivity contribution in [1.82, 2.24) is 10.2 Å². The average Bonchev–Trinajstić information content (AvgIpc) is 2.67. The fourth-order valence-corrected chi connectivity index (χ4v) is 2.86. The molecule has 1 N–H and O–H groups in total. The zero-order valence-corrected chi connectivity index (χ0v) is 16.6. The highest BCUT2D eigenvalue weighted by molar-refractivity contribution is 6.30. The quantitative estimate of drug-likeness (QED) is 0.665. The summed E-state index contributed by atoms with van der Waals surface area (Å²) in [6, 6.07) is 14.5. The van der Waals surface area contributed by atoms with E-state index in [1.807, 2.05) is 43.3 Å². The maximum atomic E-state index is 12.2. The van der Waals surface area contributed by atoms with E-state index in [2.05, 4.69) is 5.32 Å². The summed E-state index contributed by atoms with van der Waals surface area (Å²) in [5.41, 5.74) is 1.65. The molecule has 2 rings (SSSR count). The second-order valence-corrected chi connectivity index (χ2v) is 6.92. The Morgan fingerprint density at radius 3 is 2.22 bits per heavy atom. The number of carbonyl (C=O) groups excluding carboxylic acids is 2. The highest BCUT2D eigenvalue weighted by atomic mass is 35.5. The number of benzene rings is 2. The van der Waals surface area contributed by atoms with Crippen molar-refractivity contribution < 1.29 is 14.3 Å². The van der Waals surface area contributed by atoms with Gasteiger partial charge in [0, 0.05) is 30.0 Å². The summed E-state index contributed by atoms with van der Waals surface area (Å²) in [6.45, 7) is 0.462. The summed E-state index contributed by atoms with van der Waals surface area (Å²) in [5, 5.41) is 3.59. The third-order valence-electron chi connectivity index (χ3n) is 4.36. The van der Waals surface area contributed by atoms with Crippen molar-refractivity contribution in [1.29, 1.82) is 0 Å². The Kier molecular flexibility index (Phi) is 7.82. The Labute approximate surface area is 165 Å². The molecular weight excluding hydrogens is 364 g/mol. The smallest absolute Gasteiger partial charge is 0.220 e. The molecule has 1 atom stereocenters. The van der Waals surface area contributed by atoms with Crippen LogP contribution in [-0.4, -0.2) is 44.3 Å². The monoisotopic (exact) mass is 388 g/mol. The third-order valence-corrected chi connectivity index (χ3v) is 4.61. The Morgan fingerprint density at radius 2 is 1.67 bits per heavy atom. The minimum absolute atomic E-state index is 0.0310. The van der Waals surface area contributed by atoms with E-state index in [0.717, 1.165) is 5.56 Å². The van der Waals surface area contributed by atoms with Crippen molar-refractivity contribution in [3.8, 4) is 5.75 Å². The molecule has 6 heteroatoms. The number of rotatable bonds is 9. The van der Waals surface area contributed by atoms with Gasteiger partial charge in [0.2, 0.25) is 5.91 Å². The van der Waals surface area contributed by atoms with Crippen LogP contribution in [0.25, 0.3) is 0 Å². The number of hydrogen-bond acceptors (Lipinski definition) is 4. The fraction of sp³-hybridized carbons (Fsp3) is 0.333. The lowest BCUT2D eigenvalue weighted by atomic mass is 10.0. The molecule has 0 saturated heterocycles. The zero-order chi connectivity index (χ0) is 19.8. The number of hydrogen-bond donors (Lipinski definition) is 1. The Balaban J connectivity index is 1.84. The molecule has 0 bridgehead atoms. The van der Waals surface area contributed by atoms with Gasteiger partial charge < -0.3 is 15.0 Å². The van der Waals surface area contributed by atoms with E-state index in [9.17, 15) is 9.59 Å². The van der Waals surface area contributed by atoms with Crippen molar-refractivity contribution in [2.75, 3.05) is 27.7 Å². The van der Waals surface area contributed by atoms with Gasteiger partial charge in [-0.15, -0.1) is 0 Å². The molecule has 0 spiro atoms. The average molecular weight is 389 g/mol. The zero-order valence-electron chi connectivity index (χ0n) is 15.9. The minimum Gasteiger partial charge on any atom is -0.497 e. The second kappa shape index (κ2) is 10.1. The number of Topliss-reactive ketones (excluding diaryl/α,β-unsaturated/α-hetero) is 1. The van der Waals surface area contributed by atoms with Crippen LogP contribution in [0.2, 0.25) is 5.02 Å². The van der Waals surface area contributed by atoms with Crippen molar-refractivity contribution in [2.45, 2.75) is 18.9 Å². The van der Waals surface area contributed by atoms with Crippen LogP contribution in [0, 0.1) is 0 Å². The van der Waals surface area contributed by atoms with Crippen LogP contribution in [0.5, 0.6) is 5.75 Å². The van der Waals surface area contributed by atoms with Gasteiger partial charge in [0.15, 0.2) is 5.78 Å². The number of ketones is 1. The maximum Gasteiger partial charge on any atom is 0.220 e. The predicted octanol–water partition coefficient (Wildman–Crippen LogP) is 3.73. The van der Waals surface area contributed by atoms with Crippen LogP contribution in [0.3, 0.4) is 0 Å². The molecule has 27 heavy (non-hydrogen) atoms. The van der Waals surface area contributed by atoms with E-state index in [-0.39, 0.29) is 30.6 Å². The summed E-state index contributed by atoms with van der Waals surface area (Å²) in [4.78, 5) is 26.4. The largest absolute Gasteiger partial charge is 0.497 e. The normalized spacial score (nSPS) is 11.9. The van der Waals surface area contributed by atoms with Gasteiger partial charge in [-0.3, -0.25) is 9.59 Å². The molecule has 0 fully saturated rings. The molecule has 0 aliphatic heterocycles. The molecule has 144 valence electrons. The molecule has 0 radical (unpaired) electrons. The molecule has 2 aromatic carbocycles. The second-order valence-electron chi connectivity index (χ2n) is 6.49. The number of halogens is 1. The number of amides is 1. The van der Waals surface area contributed by atoms with Crippen LogP contribution in [0.4, 0.5) is 0 Å². The molecule has 0 heterocycles. The van der Waals surface area contributed by atoms with E-state index in [1.165, 1.54) is 0 Å². The van der Waals surface area contributed by atoms with Gasteiger partial charge in [-0.1, -0.05) is 23.7 Å². The highest BCUT2D eigenvalue weighted by Gasteiger charge is 2.16. The van der Waals surface area contributed by atoms with Gasteiger partial charge in [-0.2, -0.15) is 0 Å². The molecule has 1 amide bonds. The number of carbonyl (C=O) groups is 2. The Bertz CT molecular complexity index is 758. The third kappa shape index (κ3) is 6.38. The Morgan fingerprint density at radius 1 is 1.04 bits per heavy atom. The van der Waals surface area contributed by atoms with Gasteiger partial charge in [-0.05, 0) is 56.1 Å². The lowest BCUT2D eigenvalue weighted by molar-refractivity contribution is -0.121. The first-order valence-corrected chi connectivity index (χ1v) is 9.14. The lowest BCUT2D eigenvalue weighted by Gasteiger charge is -2.25. The summed E-state index contributed by atoms with van der Waals surface area (Å²) < 4.78 is 5.08. The minimum atomic E-state index is -0.141. The molecular formula is C21H25ClN2O3. The molecule has 0 aromatic heterocycles. The summed E-state index contributed by atoms with van der Waals surface area (Å²) >= 11 is 5.94. The molecule has 1 unspecified atom stereocenters. The Hall–Kier alpha value is -2.37. The van der Waals surface area contributed by atoms with Crippen LogP contribution < -0.4 is 10.1 Å². The van der Waals surface area contributed by atoms with E-state index in [0.29, 0.717) is 22.9 Å². The fourth-order valence-electron chi connectivity index (χ4n) is 2.73. The number of nitrogens with zero attached hydrogens (tertiary/aromatic N) is 1. The van der Waals surface area contributed by atoms with Crippen molar-refractivity contribution in [2.24, 2.45) is 0 Å². The van der Waals surface area contributed by atoms with Gasteiger partial charge in [0.25, 0.3) is 0 Å². The van der Waals surface area contributed by atoms with Crippen LogP contribution >= 0.6 is 11.6 Å². The first-order chi connectivity index (χ1) is 12.9. The van der Waals surface area contributed by atoms with Crippen molar-refractivity contribution >= 4 is 23.3 Å². The van der Waals surface area contributed by atoms with Gasteiger partial charge in [0.05, 0.1) is 13.2 Å². The highest BCUT2D eigenvalue weighted by Crippen LogP contribution is 2.20. The molecule has 2 aromatic rings. The van der Waals surface area contributed by atoms with Crippen LogP contribution in [0.1, 0.15) is 34.8 Å². The maximum absolute atomic E-state index is 12.2. The molecule has 0 aliphatic rings. The van der Waals surface area contributed by atoms with E-state index >= 15 is 0 Å². The van der Waals surface area contributed by atoms with Crippen LogP contribution in [-0.2, 0) is 4.79 Å². The molecule has 0 aliphatic carbocycles. The van der Waals surface area contributed by atoms with E-state index in [1.54, 1.807) is 31.4 Å².